The lowest BCUT2D eigenvalue weighted by molar-refractivity contribution is -0.134. The van der Waals surface area contributed by atoms with Gasteiger partial charge in [-0.3, -0.25) is 9.69 Å². The monoisotopic (exact) mass is 595 g/mol. The van der Waals surface area contributed by atoms with Crippen LogP contribution in [0.15, 0.2) is 12.2 Å². The van der Waals surface area contributed by atoms with Crippen LogP contribution in [0, 0.1) is 41.4 Å². The van der Waals surface area contributed by atoms with Gasteiger partial charge in [0.25, 0.3) is 0 Å². The minimum atomic E-state index is -0.432. The first kappa shape index (κ1) is 32.1. The molecule has 0 bridgehead atoms. The Morgan fingerprint density at radius 2 is 1.05 bits per heavy atom. The Hall–Kier alpha value is -0.870. The third-order valence-electron chi connectivity index (χ3n) is 13.7. The smallest absolute Gasteiger partial charge is 0.225 e. The maximum atomic E-state index is 13.2. The van der Waals surface area contributed by atoms with Crippen molar-refractivity contribution in [3.63, 3.8) is 0 Å². The molecule has 4 unspecified atom stereocenters. The number of amides is 1. The number of fused-ring (bicyclic) bond motifs is 1. The SMILES string of the molecule is CC1CCC(N(C2CCC(C)CC2)C2CCC(/C=C/C3CCC(NC(=O)C4CC5CCCCC5CC4O)CC3)CC2)CC1. The fourth-order valence-electron chi connectivity index (χ4n) is 10.8. The van der Waals surface area contributed by atoms with Gasteiger partial charge in [-0.2, -0.15) is 0 Å². The summed E-state index contributed by atoms with van der Waals surface area (Å²) in [7, 11) is 0. The molecule has 0 heterocycles. The van der Waals surface area contributed by atoms with E-state index in [2.05, 4.69) is 36.2 Å². The molecule has 244 valence electrons. The number of nitrogens with zero attached hydrogens (tertiary/aromatic N) is 1. The molecule has 6 fully saturated rings. The Morgan fingerprint density at radius 3 is 1.56 bits per heavy atom. The molecule has 6 rings (SSSR count). The molecule has 0 saturated heterocycles. The van der Waals surface area contributed by atoms with Crippen molar-refractivity contribution in [2.24, 2.45) is 41.4 Å². The van der Waals surface area contributed by atoms with Gasteiger partial charge in [-0.05, 0) is 151 Å². The van der Waals surface area contributed by atoms with Crippen LogP contribution in [-0.2, 0) is 4.79 Å². The van der Waals surface area contributed by atoms with Crippen LogP contribution in [0.2, 0.25) is 0 Å². The summed E-state index contributed by atoms with van der Waals surface area (Å²) in [5.41, 5.74) is 0. The highest BCUT2D eigenvalue weighted by Gasteiger charge is 2.41. The van der Waals surface area contributed by atoms with E-state index in [0.29, 0.717) is 23.8 Å². The topological polar surface area (TPSA) is 52.6 Å². The van der Waals surface area contributed by atoms with Gasteiger partial charge in [0.05, 0.1) is 12.0 Å². The molecule has 1 amide bonds. The van der Waals surface area contributed by atoms with Crippen molar-refractivity contribution in [3.8, 4) is 0 Å². The summed E-state index contributed by atoms with van der Waals surface area (Å²) in [6, 6.07) is 2.84. The Labute approximate surface area is 264 Å². The number of carbonyl (C=O) groups excluding carboxylic acids is 1. The quantitative estimate of drug-likeness (QED) is 0.290. The number of hydrogen-bond donors (Lipinski definition) is 2. The van der Waals surface area contributed by atoms with Crippen LogP contribution >= 0.6 is 0 Å². The van der Waals surface area contributed by atoms with Gasteiger partial charge in [0.15, 0.2) is 0 Å². The first-order valence-corrected chi connectivity index (χ1v) is 19.4. The van der Waals surface area contributed by atoms with E-state index >= 15 is 0 Å². The lowest BCUT2D eigenvalue weighted by Crippen LogP contribution is -2.52. The zero-order valence-electron chi connectivity index (χ0n) is 27.9. The van der Waals surface area contributed by atoms with Gasteiger partial charge in [-0.15, -0.1) is 0 Å². The minimum absolute atomic E-state index is 0.145. The summed E-state index contributed by atoms with van der Waals surface area (Å²) in [4.78, 5) is 16.3. The molecule has 0 aromatic carbocycles. The largest absolute Gasteiger partial charge is 0.392 e. The van der Waals surface area contributed by atoms with E-state index in [-0.39, 0.29) is 11.8 Å². The molecule has 0 aromatic heterocycles. The molecular formula is C39H66N2O2. The van der Waals surface area contributed by atoms with E-state index in [1.165, 1.54) is 116 Å². The van der Waals surface area contributed by atoms with E-state index < -0.39 is 6.10 Å². The van der Waals surface area contributed by atoms with Crippen molar-refractivity contribution in [1.82, 2.24) is 10.2 Å². The highest BCUT2D eigenvalue weighted by atomic mass is 16.3. The average Bonchev–Trinajstić information content (AvgIpc) is 3.03. The molecule has 0 aromatic rings. The van der Waals surface area contributed by atoms with Crippen LogP contribution in [-0.4, -0.2) is 46.2 Å². The van der Waals surface area contributed by atoms with Gasteiger partial charge in [0.2, 0.25) is 5.91 Å². The molecule has 4 atom stereocenters. The van der Waals surface area contributed by atoms with Gasteiger partial charge < -0.3 is 10.4 Å². The maximum absolute atomic E-state index is 13.2. The molecule has 43 heavy (non-hydrogen) atoms. The summed E-state index contributed by atoms with van der Waals surface area (Å²) in [5.74, 6) is 4.61. The fraction of sp³-hybridized carbons (Fsp3) is 0.923. The van der Waals surface area contributed by atoms with Gasteiger partial charge in [0, 0.05) is 24.2 Å². The summed E-state index contributed by atoms with van der Waals surface area (Å²) in [6.07, 6.45) is 33.3. The molecular weight excluding hydrogens is 528 g/mol. The molecule has 2 N–H and O–H groups in total. The highest BCUT2D eigenvalue weighted by molar-refractivity contribution is 5.79. The molecule has 6 aliphatic rings. The zero-order valence-corrected chi connectivity index (χ0v) is 27.9. The summed E-state index contributed by atoms with van der Waals surface area (Å²) in [5, 5.41) is 14.2. The Bertz CT molecular complexity index is 865. The second-order valence-electron chi connectivity index (χ2n) is 16.8. The molecule has 0 aliphatic heterocycles. The van der Waals surface area contributed by atoms with Crippen molar-refractivity contribution in [1.29, 1.82) is 0 Å². The summed E-state index contributed by atoms with van der Waals surface area (Å²) < 4.78 is 0. The fourth-order valence-corrected chi connectivity index (χ4v) is 10.8. The molecule has 4 nitrogen and oxygen atoms in total. The van der Waals surface area contributed by atoms with Crippen molar-refractivity contribution in [3.05, 3.63) is 12.2 Å². The highest BCUT2D eigenvalue weighted by Crippen LogP contribution is 2.43. The average molecular weight is 595 g/mol. The van der Waals surface area contributed by atoms with E-state index in [1.807, 2.05) is 0 Å². The Morgan fingerprint density at radius 1 is 0.605 bits per heavy atom. The predicted molar refractivity (Wildman–Crippen MR) is 178 cm³/mol. The second kappa shape index (κ2) is 15.1. The lowest BCUT2D eigenvalue weighted by atomic mass is 9.66. The number of carbonyl (C=O) groups is 1. The number of aliphatic hydroxyl groups is 1. The van der Waals surface area contributed by atoms with E-state index in [4.69, 9.17) is 0 Å². The van der Waals surface area contributed by atoms with Crippen LogP contribution in [0.5, 0.6) is 0 Å². The van der Waals surface area contributed by atoms with Crippen molar-refractivity contribution < 1.29 is 9.90 Å². The van der Waals surface area contributed by atoms with Crippen LogP contribution in [0.4, 0.5) is 0 Å². The molecule has 6 aliphatic carbocycles. The minimum Gasteiger partial charge on any atom is -0.392 e. The molecule has 0 spiro atoms. The predicted octanol–water partition coefficient (Wildman–Crippen LogP) is 8.81. The van der Waals surface area contributed by atoms with Gasteiger partial charge in [-0.25, -0.2) is 0 Å². The number of nitrogens with one attached hydrogen (secondary N) is 1. The van der Waals surface area contributed by atoms with Crippen LogP contribution < -0.4 is 5.32 Å². The number of allylic oxidation sites excluding steroid dienone is 2. The van der Waals surface area contributed by atoms with Crippen molar-refractivity contribution in [2.75, 3.05) is 0 Å². The third kappa shape index (κ3) is 8.30. The van der Waals surface area contributed by atoms with E-state index in [0.717, 1.165) is 61.6 Å². The van der Waals surface area contributed by atoms with Crippen molar-refractivity contribution >= 4 is 5.91 Å². The first-order valence-electron chi connectivity index (χ1n) is 19.4. The maximum Gasteiger partial charge on any atom is 0.225 e. The van der Waals surface area contributed by atoms with Gasteiger partial charge >= 0.3 is 0 Å². The van der Waals surface area contributed by atoms with Crippen molar-refractivity contribution in [2.45, 2.75) is 185 Å². The molecule has 0 radical (unpaired) electrons. The van der Waals surface area contributed by atoms with Gasteiger partial charge in [-0.1, -0.05) is 51.7 Å². The number of hydrogen-bond acceptors (Lipinski definition) is 3. The molecule has 6 saturated carbocycles. The molecule has 4 heteroatoms. The standard InChI is InChI=1S/C39H66N2O2/c1-27-7-19-34(20-8-27)41(35-21-9-28(2)10-22-35)36-23-15-30(16-24-36)12-11-29-13-17-33(18-14-29)40-39(43)37-25-31-5-3-4-6-32(31)26-38(37)42/h11-12,27-38,42H,3-10,13-26H2,1-2H3,(H,40,43)/b12-11+. The second-order valence-corrected chi connectivity index (χ2v) is 16.8. The first-order chi connectivity index (χ1) is 20.9. The van der Waals surface area contributed by atoms with E-state index in [9.17, 15) is 9.90 Å². The Kier molecular flexibility index (Phi) is 11.3. The normalized spacial score (nSPS) is 44.7. The summed E-state index contributed by atoms with van der Waals surface area (Å²) >= 11 is 0. The number of aliphatic hydroxyl groups excluding tert-OH is 1. The van der Waals surface area contributed by atoms with Crippen LogP contribution in [0.1, 0.15) is 155 Å². The van der Waals surface area contributed by atoms with E-state index in [1.54, 1.807) is 0 Å². The number of rotatable bonds is 7. The van der Waals surface area contributed by atoms with Gasteiger partial charge in [0.1, 0.15) is 0 Å². The zero-order chi connectivity index (χ0) is 29.8. The third-order valence-corrected chi connectivity index (χ3v) is 13.7. The Balaban J connectivity index is 0.933. The lowest BCUT2D eigenvalue weighted by Gasteiger charge is -2.49. The summed E-state index contributed by atoms with van der Waals surface area (Å²) in [6.45, 7) is 4.94. The van der Waals surface area contributed by atoms with Crippen LogP contribution in [0.25, 0.3) is 0 Å². The van der Waals surface area contributed by atoms with Crippen LogP contribution in [0.3, 0.4) is 0 Å².